The monoisotopic (exact) mass is 336 g/mol. The fraction of sp³-hybridized carbons (Fsp3) is 0.455. The minimum atomic E-state index is -3.66. The first-order valence-corrected chi connectivity index (χ1v) is 7.75. The lowest BCUT2D eigenvalue weighted by Crippen LogP contribution is -2.35. The zero-order chi connectivity index (χ0) is 13.9. The van der Waals surface area contributed by atoms with E-state index in [2.05, 4.69) is 20.7 Å². The van der Waals surface area contributed by atoms with E-state index in [0.717, 1.165) is 4.47 Å². The van der Waals surface area contributed by atoms with Crippen LogP contribution in [0.4, 0.5) is 5.69 Å². The molecule has 0 bridgehead atoms. The fourth-order valence-electron chi connectivity index (χ4n) is 1.65. The Morgan fingerprint density at radius 3 is 2.56 bits per heavy atom. The predicted octanol–water partition coefficient (Wildman–Crippen LogP) is 1.47. The van der Waals surface area contributed by atoms with Crippen molar-refractivity contribution in [3.8, 4) is 0 Å². The molecule has 18 heavy (non-hydrogen) atoms. The van der Waals surface area contributed by atoms with Crippen LogP contribution in [-0.2, 0) is 10.0 Å². The third-order valence-corrected chi connectivity index (χ3v) is 4.47. The molecule has 0 aliphatic carbocycles. The Balaban J connectivity index is 2.93. The number of nitrogen functional groups attached to an aromatic ring is 1. The third-order valence-electron chi connectivity index (χ3n) is 2.31. The van der Waals surface area contributed by atoms with Crippen LogP contribution < -0.4 is 10.5 Å². The second-order valence-corrected chi connectivity index (χ2v) is 6.89. The SMILES string of the molecule is CC(O)CC(C)NS(=O)(=O)c1ccc(Br)cc1N. The molecule has 0 spiro atoms. The number of aliphatic hydroxyl groups excluding tert-OH is 1. The standard InChI is InChI=1S/C11H17BrN2O3S/c1-7(5-8(2)15)14-18(16,17)11-4-3-9(12)6-10(11)13/h3-4,6-8,14-15H,5,13H2,1-2H3. The Morgan fingerprint density at radius 1 is 1.44 bits per heavy atom. The third kappa shape index (κ3) is 4.24. The number of rotatable bonds is 5. The lowest BCUT2D eigenvalue weighted by molar-refractivity contribution is 0.175. The summed E-state index contributed by atoms with van der Waals surface area (Å²) < 4.78 is 27.3. The van der Waals surface area contributed by atoms with Gasteiger partial charge in [0.1, 0.15) is 4.90 Å². The fourth-order valence-corrected chi connectivity index (χ4v) is 3.40. The summed E-state index contributed by atoms with van der Waals surface area (Å²) in [5, 5.41) is 9.22. The minimum absolute atomic E-state index is 0.0446. The van der Waals surface area contributed by atoms with Gasteiger partial charge in [0, 0.05) is 10.5 Å². The van der Waals surface area contributed by atoms with Gasteiger partial charge in [-0.15, -0.1) is 0 Å². The lowest BCUT2D eigenvalue weighted by Gasteiger charge is -2.16. The van der Waals surface area contributed by atoms with E-state index in [1.54, 1.807) is 19.9 Å². The highest BCUT2D eigenvalue weighted by Crippen LogP contribution is 2.23. The first kappa shape index (κ1) is 15.4. The number of hydrogen-bond donors (Lipinski definition) is 3. The average Bonchev–Trinajstić information content (AvgIpc) is 2.13. The number of hydrogen-bond acceptors (Lipinski definition) is 4. The summed E-state index contributed by atoms with van der Waals surface area (Å²) in [6.07, 6.45) is -0.222. The molecule has 4 N–H and O–H groups in total. The molecule has 2 atom stereocenters. The molecule has 102 valence electrons. The van der Waals surface area contributed by atoms with Gasteiger partial charge in [-0.05, 0) is 38.5 Å². The highest BCUT2D eigenvalue weighted by Gasteiger charge is 2.20. The van der Waals surface area contributed by atoms with Gasteiger partial charge >= 0.3 is 0 Å². The summed E-state index contributed by atoms with van der Waals surface area (Å²) in [5.74, 6) is 0. The van der Waals surface area contributed by atoms with Crippen molar-refractivity contribution in [2.75, 3.05) is 5.73 Å². The van der Waals surface area contributed by atoms with E-state index in [0.29, 0.717) is 6.42 Å². The maximum Gasteiger partial charge on any atom is 0.242 e. The molecule has 1 rings (SSSR count). The summed E-state index contributed by atoms with van der Waals surface area (Å²) >= 11 is 3.22. The molecule has 1 aromatic carbocycles. The van der Waals surface area contributed by atoms with Gasteiger partial charge in [-0.2, -0.15) is 0 Å². The minimum Gasteiger partial charge on any atom is -0.398 e. The van der Waals surface area contributed by atoms with E-state index >= 15 is 0 Å². The Hall–Kier alpha value is -0.630. The smallest absolute Gasteiger partial charge is 0.242 e. The first-order valence-electron chi connectivity index (χ1n) is 5.48. The summed E-state index contributed by atoms with van der Waals surface area (Å²) in [4.78, 5) is 0.0446. The van der Waals surface area contributed by atoms with Gasteiger partial charge in [0.2, 0.25) is 10.0 Å². The Morgan fingerprint density at radius 2 is 2.06 bits per heavy atom. The number of sulfonamides is 1. The molecule has 0 amide bonds. The van der Waals surface area contributed by atoms with Crippen LogP contribution in [0.5, 0.6) is 0 Å². The van der Waals surface area contributed by atoms with Crippen molar-refractivity contribution in [3.63, 3.8) is 0 Å². The molecular formula is C11H17BrN2O3S. The van der Waals surface area contributed by atoms with Crippen LogP contribution in [0.1, 0.15) is 20.3 Å². The summed E-state index contributed by atoms with van der Waals surface area (Å²) in [7, 11) is -3.66. The first-order chi connectivity index (χ1) is 8.22. The van der Waals surface area contributed by atoms with Gasteiger partial charge in [-0.25, -0.2) is 13.1 Å². The van der Waals surface area contributed by atoms with Crippen molar-refractivity contribution in [2.45, 2.75) is 37.3 Å². The van der Waals surface area contributed by atoms with Crippen LogP contribution in [-0.4, -0.2) is 25.7 Å². The van der Waals surface area contributed by atoms with E-state index < -0.39 is 16.1 Å². The normalized spacial score (nSPS) is 15.3. The maximum absolute atomic E-state index is 12.1. The van der Waals surface area contributed by atoms with E-state index in [4.69, 9.17) is 5.73 Å². The largest absolute Gasteiger partial charge is 0.398 e. The van der Waals surface area contributed by atoms with Crippen LogP contribution >= 0.6 is 15.9 Å². The predicted molar refractivity (Wildman–Crippen MR) is 74.6 cm³/mol. The zero-order valence-electron chi connectivity index (χ0n) is 10.2. The Bertz CT molecular complexity index is 517. The maximum atomic E-state index is 12.1. The van der Waals surface area contributed by atoms with Crippen LogP contribution in [0.25, 0.3) is 0 Å². The molecule has 0 radical (unpaired) electrons. The molecule has 0 aromatic heterocycles. The molecule has 0 aliphatic rings. The van der Waals surface area contributed by atoms with Crippen LogP contribution in [0, 0.1) is 0 Å². The van der Waals surface area contributed by atoms with Crippen LogP contribution in [0.2, 0.25) is 0 Å². The van der Waals surface area contributed by atoms with Gasteiger partial charge in [0.05, 0.1) is 11.8 Å². The molecule has 7 heteroatoms. The van der Waals surface area contributed by atoms with Crippen molar-refractivity contribution < 1.29 is 13.5 Å². The molecule has 1 aromatic rings. The number of nitrogens with one attached hydrogen (secondary N) is 1. The van der Waals surface area contributed by atoms with Crippen molar-refractivity contribution in [1.29, 1.82) is 0 Å². The number of aliphatic hydroxyl groups is 1. The summed E-state index contributed by atoms with van der Waals surface area (Å²) in [6.45, 7) is 3.30. The number of nitrogens with two attached hydrogens (primary N) is 1. The summed E-state index contributed by atoms with van der Waals surface area (Å²) in [5.41, 5.74) is 5.87. The van der Waals surface area contributed by atoms with Crippen molar-refractivity contribution in [3.05, 3.63) is 22.7 Å². The zero-order valence-corrected chi connectivity index (χ0v) is 12.6. The molecule has 0 heterocycles. The van der Waals surface area contributed by atoms with E-state index in [9.17, 15) is 13.5 Å². The van der Waals surface area contributed by atoms with Crippen molar-refractivity contribution >= 4 is 31.6 Å². The molecule has 5 nitrogen and oxygen atoms in total. The highest BCUT2D eigenvalue weighted by atomic mass is 79.9. The number of anilines is 1. The quantitative estimate of drug-likeness (QED) is 0.710. The Kier molecular flexibility index (Phi) is 5.15. The van der Waals surface area contributed by atoms with Crippen molar-refractivity contribution in [2.24, 2.45) is 0 Å². The van der Waals surface area contributed by atoms with Gasteiger partial charge in [0.15, 0.2) is 0 Å². The molecule has 0 saturated carbocycles. The topological polar surface area (TPSA) is 92.4 Å². The molecule has 0 fully saturated rings. The van der Waals surface area contributed by atoms with E-state index in [1.807, 2.05) is 0 Å². The van der Waals surface area contributed by atoms with E-state index in [-0.39, 0.29) is 16.6 Å². The van der Waals surface area contributed by atoms with Crippen molar-refractivity contribution in [1.82, 2.24) is 4.72 Å². The second kappa shape index (κ2) is 6.01. The molecular weight excluding hydrogens is 320 g/mol. The summed E-state index contributed by atoms with van der Waals surface area (Å²) in [6, 6.07) is 4.23. The van der Waals surface area contributed by atoms with Crippen LogP contribution in [0.3, 0.4) is 0 Å². The molecule has 0 aliphatic heterocycles. The van der Waals surface area contributed by atoms with E-state index in [1.165, 1.54) is 12.1 Å². The number of halogens is 1. The van der Waals surface area contributed by atoms with Crippen LogP contribution in [0.15, 0.2) is 27.6 Å². The second-order valence-electron chi connectivity index (χ2n) is 4.29. The van der Waals surface area contributed by atoms with Gasteiger partial charge in [-0.3, -0.25) is 0 Å². The highest BCUT2D eigenvalue weighted by molar-refractivity contribution is 9.10. The van der Waals surface area contributed by atoms with Gasteiger partial charge < -0.3 is 10.8 Å². The molecule has 2 unspecified atom stereocenters. The van der Waals surface area contributed by atoms with Gasteiger partial charge in [-0.1, -0.05) is 15.9 Å². The lowest BCUT2D eigenvalue weighted by atomic mass is 10.2. The molecule has 0 saturated heterocycles. The Labute approximate surface area is 116 Å². The van der Waals surface area contributed by atoms with Gasteiger partial charge in [0.25, 0.3) is 0 Å². The number of benzene rings is 1. The average molecular weight is 337 g/mol.